The van der Waals surface area contributed by atoms with Crippen LogP contribution in [-0.2, 0) is 10.0 Å². The summed E-state index contributed by atoms with van der Waals surface area (Å²) in [7, 11) is -3.82. The number of hydrogen-bond donors (Lipinski definition) is 2. The molecule has 0 fully saturated rings. The maximum absolute atomic E-state index is 14.4. The Labute approximate surface area is 178 Å². The van der Waals surface area contributed by atoms with Gasteiger partial charge in [0.25, 0.3) is 5.91 Å². The van der Waals surface area contributed by atoms with Crippen LogP contribution >= 0.6 is 11.8 Å². The average molecular weight is 452 g/mol. The molecule has 2 aromatic heterocycles. The van der Waals surface area contributed by atoms with Gasteiger partial charge in [0, 0.05) is 12.7 Å². The minimum Gasteiger partial charge on any atom is -0.342 e. The van der Waals surface area contributed by atoms with E-state index in [2.05, 4.69) is 20.2 Å². The molecule has 0 spiro atoms. The normalized spacial score (nSPS) is 12.8. The van der Waals surface area contributed by atoms with Gasteiger partial charge in [-0.1, -0.05) is 13.0 Å². The van der Waals surface area contributed by atoms with Crippen LogP contribution in [0.15, 0.2) is 47.5 Å². The minimum atomic E-state index is -3.82. The average Bonchev–Trinajstić information content (AvgIpc) is 3.15. The predicted molar refractivity (Wildman–Crippen MR) is 113 cm³/mol. The number of aromatic nitrogens is 3. The van der Waals surface area contributed by atoms with Crippen molar-refractivity contribution in [2.75, 3.05) is 18.6 Å². The zero-order valence-corrected chi connectivity index (χ0v) is 18.1. The molecule has 0 aliphatic rings. The Morgan fingerprint density at radius 1 is 1.27 bits per heavy atom. The Bertz CT molecular complexity index is 1150. The number of pyridine rings is 1. The third kappa shape index (κ3) is 4.79. The Balaban J connectivity index is 1.93. The van der Waals surface area contributed by atoms with Crippen molar-refractivity contribution >= 4 is 33.3 Å². The first kappa shape index (κ1) is 22.2. The maximum atomic E-state index is 14.4. The molecule has 11 heteroatoms. The van der Waals surface area contributed by atoms with E-state index in [1.54, 1.807) is 35.3 Å². The van der Waals surface area contributed by atoms with Crippen molar-refractivity contribution in [3.8, 4) is 0 Å². The second-order valence-electron chi connectivity index (χ2n) is 6.44. The molecule has 0 saturated heterocycles. The van der Waals surface area contributed by atoms with Crippen LogP contribution in [0.25, 0.3) is 5.65 Å². The smallest absolute Gasteiger partial charge is 0.254 e. The Morgan fingerprint density at radius 3 is 2.80 bits per heavy atom. The monoisotopic (exact) mass is 451 g/mol. The van der Waals surface area contributed by atoms with Gasteiger partial charge >= 0.3 is 0 Å². The van der Waals surface area contributed by atoms with E-state index < -0.39 is 27.8 Å². The van der Waals surface area contributed by atoms with E-state index in [9.17, 15) is 17.6 Å². The Hall–Kier alpha value is -2.50. The topological polar surface area (TPSA) is 105 Å². The third-order valence-corrected chi connectivity index (χ3v) is 6.58. The van der Waals surface area contributed by atoms with Crippen molar-refractivity contribution in [3.63, 3.8) is 0 Å². The minimum absolute atomic E-state index is 0.176. The van der Waals surface area contributed by atoms with Crippen LogP contribution in [0.1, 0.15) is 35.6 Å². The van der Waals surface area contributed by atoms with Crippen LogP contribution in [0.2, 0.25) is 0 Å². The molecule has 8 nitrogen and oxygen atoms in total. The summed E-state index contributed by atoms with van der Waals surface area (Å²) in [4.78, 5) is 12.7. The number of thioether (sulfide) groups is 1. The summed E-state index contributed by atoms with van der Waals surface area (Å²) in [5.74, 6) is -0.286. The lowest BCUT2D eigenvalue weighted by atomic mass is 10.1. The van der Waals surface area contributed by atoms with Gasteiger partial charge in [0.15, 0.2) is 11.5 Å². The number of nitrogens with one attached hydrogen (secondary N) is 2. The lowest BCUT2D eigenvalue weighted by Gasteiger charge is -2.17. The maximum Gasteiger partial charge on any atom is 0.254 e. The molecule has 0 aliphatic carbocycles. The summed E-state index contributed by atoms with van der Waals surface area (Å²) in [6, 6.07) is 8.05. The number of benzene rings is 1. The highest BCUT2D eigenvalue weighted by Gasteiger charge is 2.24. The molecule has 3 rings (SSSR count). The van der Waals surface area contributed by atoms with Crippen molar-refractivity contribution in [2.45, 2.75) is 24.3 Å². The molecule has 2 N–H and O–H groups in total. The number of amides is 1. The molecule has 160 valence electrons. The van der Waals surface area contributed by atoms with Gasteiger partial charge in [-0.15, -0.1) is 10.2 Å². The molecule has 1 amide bonds. The van der Waals surface area contributed by atoms with Crippen LogP contribution < -0.4 is 10.0 Å². The van der Waals surface area contributed by atoms with E-state index in [4.69, 9.17) is 0 Å². The van der Waals surface area contributed by atoms with Gasteiger partial charge in [0.05, 0.1) is 16.5 Å². The van der Waals surface area contributed by atoms with Crippen LogP contribution in [0.5, 0.6) is 0 Å². The van der Waals surface area contributed by atoms with E-state index in [1.165, 1.54) is 0 Å². The fraction of sp³-hybridized carbons (Fsp3) is 0.316. The van der Waals surface area contributed by atoms with Crippen molar-refractivity contribution < 1.29 is 17.6 Å². The Morgan fingerprint density at radius 2 is 2.07 bits per heavy atom. The number of carbonyl (C=O) groups is 1. The number of sulfonamides is 1. The van der Waals surface area contributed by atoms with E-state index in [-0.39, 0.29) is 17.0 Å². The van der Waals surface area contributed by atoms with Gasteiger partial charge in [-0.2, -0.15) is 11.8 Å². The van der Waals surface area contributed by atoms with Crippen LogP contribution in [0.3, 0.4) is 0 Å². The summed E-state index contributed by atoms with van der Waals surface area (Å²) in [5.41, 5.74) is 0.276. The highest BCUT2D eigenvalue weighted by molar-refractivity contribution is 7.98. The molecule has 2 heterocycles. The largest absolute Gasteiger partial charge is 0.342 e. The highest BCUT2D eigenvalue weighted by atomic mass is 32.2. The first-order valence-corrected chi connectivity index (χ1v) is 12.1. The molecular formula is C19H22FN5O3S2. The van der Waals surface area contributed by atoms with Crippen molar-refractivity contribution in [3.05, 3.63) is 59.8 Å². The van der Waals surface area contributed by atoms with Gasteiger partial charge in [0.1, 0.15) is 5.82 Å². The number of hydrogen-bond acceptors (Lipinski definition) is 6. The van der Waals surface area contributed by atoms with Crippen molar-refractivity contribution in [2.24, 2.45) is 0 Å². The molecule has 30 heavy (non-hydrogen) atoms. The van der Waals surface area contributed by atoms with Crippen LogP contribution in [0.4, 0.5) is 4.39 Å². The molecule has 0 radical (unpaired) electrons. The van der Waals surface area contributed by atoms with E-state index in [0.717, 1.165) is 24.0 Å². The van der Waals surface area contributed by atoms with Gasteiger partial charge < -0.3 is 5.32 Å². The lowest BCUT2D eigenvalue weighted by molar-refractivity contribution is 0.0929. The molecule has 0 bridgehead atoms. The lowest BCUT2D eigenvalue weighted by Crippen LogP contribution is -2.31. The fourth-order valence-corrected chi connectivity index (χ4v) is 4.49. The molecule has 0 saturated carbocycles. The van der Waals surface area contributed by atoms with E-state index in [1.807, 2.05) is 18.4 Å². The molecule has 1 aromatic carbocycles. The van der Waals surface area contributed by atoms with Crippen molar-refractivity contribution in [1.29, 1.82) is 0 Å². The number of carbonyl (C=O) groups excluding carboxylic acids is 1. The molecule has 3 aromatic rings. The van der Waals surface area contributed by atoms with Crippen molar-refractivity contribution in [1.82, 2.24) is 24.6 Å². The first-order chi connectivity index (χ1) is 14.4. The number of rotatable bonds is 9. The highest BCUT2D eigenvalue weighted by Crippen LogP contribution is 2.21. The summed E-state index contributed by atoms with van der Waals surface area (Å²) in [6.45, 7) is 1.81. The zero-order valence-electron chi connectivity index (χ0n) is 16.5. The molecule has 1 atom stereocenters. The molecule has 0 aliphatic heterocycles. The van der Waals surface area contributed by atoms with Gasteiger partial charge in [-0.25, -0.2) is 17.5 Å². The summed E-state index contributed by atoms with van der Waals surface area (Å²) >= 11 is 1.60. The standard InChI is InChI=1S/C19H22FN5O3S2/c1-3-21-30(27,28)13-7-8-15(20)14(12-13)19(26)22-16(9-11-29-2)18-24-23-17-6-4-5-10-25(17)18/h4-8,10,12,16,21H,3,9,11H2,1-2H3,(H,22,26). The van der Waals surface area contributed by atoms with Gasteiger partial charge in [-0.05, 0) is 48.8 Å². The van der Waals surface area contributed by atoms with Crippen LogP contribution in [0, 0.1) is 5.82 Å². The van der Waals surface area contributed by atoms with Crippen LogP contribution in [-0.4, -0.2) is 47.5 Å². The second kappa shape index (κ2) is 9.54. The predicted octanol–water partition coefficient (Wildman–Crippen LogP) is 2.39. The van der Waals surface area contributed by atoms with E-state index in [0.29, 0.717) is 17.9 Å². The zero-order chi connectivity index (χ0) is 21.7. The number of nitrogens with zero attached hydrogens (tertiary/aromatic N) is 3. The Kier molecular flexibility index (Phi) is 7.06. The fourth-order valence-electron chi connectivity index (χ4n) is 2.95. The van der Waals surface area contributed by atoms with Gasteiger partial charge in [0.2, 0.25) is 10.0 Å². The third-order valence-electron chi connectivity index (χ3n) is 4.39. The SMILES string of the molecule is CCNS(=O)(=O)c1ccc(F)c(C(=O)NC(CCSC)c2nnc3ccccn23)c1. The summed E-state index contributed by atoms with van der Waals surface area (Å²) in [5, 5.41) is 11.1. The number of fused-ring (bicyclic) bond motifs is 1. The second-order valence-corrected chi connectivity index (χ2v) is 9.19. The summed E-state index contributed by atoms with van der Waals surface area (Å²) < 4.78 is 42.9. The first-order valence-electron chi connectivity index (χ1n) is 9.26. The van der Waals surface area contributed by atoms with Gasteiger partial charge in [-0.3, -0.25) is 9.20 Å². The molecule has 1 unspecified atom stereocenters. The number of halogens is 1. The summed E-state index contributed by atoms with van der Waals surface area (Å²) in [6.07, 6.45) is 4.27. The van der Waals surface area contributed by atoms with E-state index >= 15 is 0 Å². The molecular weight excluding hydrogens is 429 g/mol. The quantitative estimate of drug-likeness (QED) is 0.518.